The molecule has 3 aromatic carbocycles. The van der Waals surface area contributed by atoms with Crippen LogP contribution in [0.3, 0.4) is 0 Å². The molecule has 190 valence electrons. The summed E-state index contributed by atoms with van der Waals surface area (Å²) in [4.78, 5) is 30.5. The molecule has 0 spiro atoms. The summed E-state index contributed by atoms with van der Waals surface area (Å²) in [6, 6.07) is 19.2. The second kappa shape index (κ2) is 9.94. The number of nitrogens with zero attached hydrogens (tertiary/aromatic N) is 2. The Morgan fingerprint density at radius 3 is 2.46 bits per heavy atom. The van der Waals surface area contributed by atoms with Gasteiger partial charge in [0.05, 0.1) is 11.6 Å². The van der Waals surface area contributed by atoms with Crippen molar-refractivity contribution in [3.05, 3.63) is 94.0 Å². The maximum Gasteiger partial charge on any atom is 0.300 e. The van der Waals surface area contributed by atoms with Crippen LogP contribution in [-0.2, 0) is 16.0 Å². The van der Waals surface area contributed by atoms with Gasteiger partial charge in [0.15, 0.2) is 0 Å². The predicted octanol–water partition coefficient (Wildman–Crippen LogP) is 6.14. The lowest BCUT2D eigenvalue weighted by atomic mass is 9.94. The van der Waals surface area contributed by atoms with Crippen molar-refractivity contribution in [3.8, 4) is 5.75 Å². The highest BCUT2D eigenvalue weighted by Gasteiger charge is 2.47. The van der Waals surface area contributed by atoms with Gasteiger partial charge < -0.3 is 14.7 Å². The maximum atomic E-state index is 13.5. The van der Waals surface area contributed by atoms with Crippen molar-refractivity contribution in [1.29, 1.82) is 0 Å². The Hall–Kier alpha value is -3.77. The number of carbonyl (C=O) groups is 2. The fourth-order valence-corrected chi connectivity index (χ4v) is 5.41. The summed E-state index contributed by atoms with van der Waals surface area (Å²) in [5, 5.41) is 11.9. The number of hydrogen-bond acceptors (Lipinski definition) is 5. The molecule has 5 rings (SSSR count). The van der Waals surface area contributed by atoms with E-state index in [1.165, 1.54) is 4.90 Å². The van der Waals surface area contributed by atoms with Gasteiger partial charge in [-0.15, -0.1) is 0 Å². The summed E-state index contributed by atoms with van der Waals surface area (Å²) in [6.45, 7) is 7.88. The van der Waals surface area contributed by atoms with Crippen LogP contribution in [0.1, 0.15) is 43.5 Å². The number of amides is 1. The van der Waals surface area contributed by atoms with E-state index in [1.807, 2.05) is 37.3 Å². The van der Waals surface area contributed by atoms with Gasteiger partial charge in [0.25, 0.3) is 11.7 Å². The summed E-state index contributed by atoms with van der Waals surface area (Å²) < 4.78 is 5.79. The molecule has 0 radical (unpaired) electrons. The Bertz CT molecular complexity index is 1390. The molecule has 0 saturated carbocycles. The lowest BCUT2D eigenvalue weighted by Gasteiger charge is -2.27. The number of carbonyl (C=O) groups excluding carboxylic acids is 2. The molecule has 1 N–H and O–H groups in total. The number of ketones is 1. The number of aliphatic hydroxyl groups is 1. The molecular weight excluding hydrogens is 488 g/mol. The van der Waals surface area contributed by atoms with Crippen LogP contribution in [0.25, 0.3) is 5.76 Å². The molecular formula is C30H29ClN2O4. The Morgan fingerprint density at radius 1 is 1.05 bits per heavy atom. The first kappa shape index (κ1) is 24.9. The van der Waals surface area contributed by atoms with Crippen molar-refractivity contribution in [2.75, 3.05) is 22.9 Å². The largest absolute Gasteiger partial charge is 0.507 e. The van der Waals surface area contributed by atoms with Crippen molar-refractivity contribution in [2.24, 2.45) is 0 Å². The molecule has 2 aliphatic heterocycles. The smallest absolute Gasteiger partial charge is 0.300 e. The lowest BCUT2D eigenvalue weighted by Crippen LogP contribution is -2.29. The first-order valence-corrected chi connectivity index (χ1v) is 12.9. The van der Waals surface area contributed by atoms with Crippen molar-refractivity contribution in [2.45, 2.75) is 39.3 Å². The van der Waals surface area contributed by atoms with Gasteiger partial charge in [-0.05, 0) is 80.4 Å². The van der Waals surface area contributed by atoms with E-state index in [0.29, 0.717) is 22.7 Å². The number of hydrogen-bond donors (Lipinski definition) is 1. The molecule has 1 fully saturated rings. The highest BCUT2D eigenvalue weighted by atomic mass is 35.5. The molecule has 1 saturated heterocycles. The number of Topliss-reactive ketones (excluding diaryl/α,β-unsaturated/α-hetero) is 1. The number of fused-ring (bicyclic) bond motifs is 1. The molecule has 7 heteroatoms. The third kappa shape index (κ3) is 4.46. The van der Waals surface area contributed by atoms with Crippen LogP contribution in [0.4, 0.5) is 11.4 Å². The molecule has 1 amide bonds. The zero-order valence-corrected chi connectivity index (χ0v) is 21.8. The fraction of sp³-hybridized carbons (Fsp3) is 0.267. The number of rotatable bonds is 6. The Kier molecular flexibility index (Phi) is 6.69. The Labute approximate surface area is 221 Å². The molecule has 2 heterocycles. The van der Waals surface area contributed by atoms with E-state index in [2.05, 4.69) is 18.7 Å². The van der Waals surface area contributed by atoms with Crippen LogP contribution in [-0.4, -0.2) is 36.0 Å². The van der Waals surface area contributed by atoms with E-state index in [9.17, 15) is 14.7 Å². The fourth-order valence-electron chi connectivity index (χ4n) is 5.22. The first-order valence-electron chi connectivity index (χ1n) is 12.5. The maximum absolute atomic E-state index is 13.5. The highest BCUT2D eigenvalue weighted by Crippen LogP contribution is 2.43. The molecule has 37 heavy (non-hydrogen) atoms. The summed E-state index contributed by atoms with van der Waals surface area (Å²) in [5.41, 5.74) is 3.73. The SMILES string of the molecule is CCN(CC)c1ccc(C2/C(=C(/O)c3ccc4c(c3)CC(C)O4)C(=O)C(=O)N2c2cccc(Cl)c2)cc1. The molecule has 6 nitrogen and oxygen atoms in total. The highest BCUT2D eigenvalue weighted by molar-refractivity contribution is 6.51. The monoisotopic (exact) mass is 516 g/mol. The van der Waals surface area contributed by atoms with Crippen LogP contribution in [0.5, 0.6) is 5.75 Å². The van der Waals surface area contributed by atoms with Gasteiger partial charge in [-0.25, -0.2) is 0 Å². The molecule has 2 unspecified atom stereocenters. The molecule has 0 bridgehead atoms. The standard InChI is InChI=1S/C30H29ClN2O4/c1-4-32(5-2)23-12-9-19(10-13-23)27-26(28(34)20-11-14-25-21(16-20)15-18(3)37-25)29(35)30(36)33(27)24-8-6-7-22(31)17-24/h6-14,16-18,27,34H,4-5,15H2,1-3H3/b28-26-. The second-order valence-corrected chi connectivity index (χ2v) is 9.80. The number of benzene rings is 3. The van der Waals surface area contributed by atoms with E-state index in [1.54, 1.807) is 36.4 Å². The van der Waals surface area contributed by atoms with Gasteiger partial charge in [0, 0.05) is 41.5 Å². The third-order valence-electron chi connectivity index (χ3n) is 7.04. The minimum Gasteiger partial charge on any atom is -0.507 e. The van der Waals surface area contributed by atoms with Gasteiger partial charge in [-0.1, -0.05) is 29.8 Å². The van der Waals surface area contributed by atoms with Crippen LogP contribution < -0.4 is 14.5 Å². The van der Waals surface area contributed by atoms with E-state index in [-0.39, 0.29) is 17.4 Å². The summed E-state index contributed by atoms with van der Waals surface area (Å²) in [6.07, 6.45) is 0.758. The van der Waals surface area contributed by atoms with E-state index in [4.69, 9.17) is 16.3 Å². The van der Waals surface area contributed by atoms with Gasteiger partial charge in [0.2, 0.25) is 0 Å². The Balaban J connectivity index is 1.66. The number of anilines is 2. The van der Waals surface area contributed by atoms with Crippen LogP contribution in [0.2, 0.25) is 5.02 Å². The van der Waals surface area contributed by atoms with Crippen LogP contribution in [0.15, 0.2) is 72.3 Å². The van der Waals surface area contributed by atoms with Gasteiger partial charge in [-0.3, -0.25) is 14.5 Å². The summed E-state index contributed by atoms with van der Waals surface area (Å²) >= 11 is 6.25. The van der Waals surface area contributed by atoms with Crippen molar-refractivity contribution < 1.29 is 19.4 Å². The van der Waals surface area contributed by atoms with Gasteiger partial charge in [-0.2, -0.15) is 0 Å². The predicted molar refractivity (Wildman–Crippen MR) is 146 cm³/mol. The molecule has 2 aliphatic rings. The average Bonchev–Trinajstić information content (AvgIpc) is 3.40. The zero-order valence-electron chi connectivity index (χ0n) is 21.1. The van der Waals surface area contributed by atoms with Crippen molar-refractivity contribution in [1.82, 2.24) is 0 Å². The second-order valence-electron chi connectivity index (χ2n) is 9.37. The first-order chi connectivity index (χ1) is 17.8. The normalized spacial score (nSPS) is 20.2. The van der Waals surface area contributed by atoms with Crippen molar-refractivity contribution >= 4 is 40.4 Å². The lowest BCUT2D eigenvalue weighted by molar-refractivity contribution is -0.132. The van der Waals surface area contributed by atoms with E-state index < -0.39 is 17.7 Å². The topological polar surface area (TPSA) is 70.1 Å². The van der Waals surface area contributed by atoms with Gasteiger partial charge in [0.1, 0.15) is 17.6 Å². The Morgan fingerprint density at radius 2 is 1.78 bits per heavy atom. The van der Waals surface area contributed by atoms with Crippen LogP contribution in [0, 0.1) is 0 Å². The number of aliphatic hydroxyl groups excluding tert-OH is 1. The zero-order chi connectivity index (χ0) is 26.3. The summed E-state index contributed by atoms with van der Waals surface area (Å²) in [5.74, 6) is -0.879. The van der Waals surface area contributed by atoms with Crippen LogP contribution >= 0.6 is 11.6 Å². The van der Waals surface area contributed by atoms with Crippen molar-refractivity contribution in [3.63, 3.8) is 0 Å². The number of ether oxygens (including phenoxy) is 1. The molecule has 0 aliphatic carbocycles. The minimum absolute atomic E-state index is 0.0464. The quantitative estimate of drug-likeness (QED) is 0.242. The summed E-state index contributed by atoms with van der Waals surface area (Å²) in [7, 11) is 0. The average molecular weight is 517 g/mol. The van der Waals surface area contributed by atoms with E-state index in [0.717, 1.165) is 35.7 Å². The van der Waals surface area contributed by atoms with E-state index >= 15 is 0 Å². The minimum atomic E-state index is -0.812. The molecule has 3 aromatic rings. The molecule has 0 aromatic heterocycles. The molecule has 2 atom stereocenters. The van der Waals surface area contributed by atoms with Gasteiger partial charge >= 0.3 is 0 Å². The number of halogens is 1. The third-order valence-corrected chi connectivity index (χ3v) is 7.27.